The molecule has 1 amide bonds. The molecule has 1 aliphatic heterocycles. The van der Waals surface area contributed by atoms with E-state index in [1.807, 2.05) is 47.4 Å². The first kappa shape index (κ1) is 13.6. The molecular weight excluding hydrogens is 258 g/mol. The van der Waals surface area contributed by atoms with Crippen LogP contribution in [0.15, 0.2) is 67.3 Å². The third kappa shape index (κ3) is 2.89. The molecule has 2 aromatic carbocycles. The van der Waals surface area contributed by atoms with Gasteiger partial charge >= 0.3 is 0 Å². The van der Waals surface area contributed by atoms with Crippen molar-refractivity contribution in [3.05, 3.63) is 78.4 Å². The van der Waals surface area contributed by atoms with Crippen LogP contribution >= 0.6 is 0 Å². The lowest BCUT2D eigenvalue weighted by atomic mass is 10.0. The van der Waals surface area contributed by atoms with Gasteiger partial charge in [-0.2, -0.15) is 0 Å². The summed E-state index contributed by atoms with van der Waals surface area (Å²) in [7, 11) is 0. The van der Waals surface area contributed by atoms with E-state index in [-0.39, 0.29) is 11.8 Å². The highest BCUT2D eigenvalue weighted by Gasteiger charge is 2.29. The summed E-state index contributed by atoms with van der Waals surface area (Å²) < 4.78 is 0. The molecule has 0 saturated carbocycles. The minimum Gasteiger partial charge on any atom is -0.312 e. The lowest BCUT2D eigenvalue weighted by Crippen LogP contribution is -2.25. The standard InChI is InChI=1S/C19H19NO/c1-2-15-13-19(21)20(14-15)18-11-7-6-10-17(18)12-16-8-4-3-5-9-16/h2-11,15H,1,12-14H2. The van der Waals surface area contributed by atoms with Crippen LogP contribution in [0.2, 0.25) is 0 Å². The molecule has 1 heterocycles. The molecular formula is C19H19NO. The number of rotatable bonds is 4. The van der Waals surface area contributed by atoms with E-state index in [1.165, 1.54) is 11.1 Å². The Labute approximate surface area is 125 Å². The monoisotopic (exact) mass is 277 g/mol. The van der Waals surface area contributed by atoms with E-state index in [1.54, 1.807) is 0 Å². The van der Waals surface area contributed by atoms with Gasteiger partial charge in [-0.3, -0.25) is 4.79 Å². The summed E-state index contributed by atoms with van der Waals surface area (Å²) in [5, 5.41) is 0. The van der Waals surface area contributed by atoms with Crippen LogP contribution < -0.4 is 4.90 Å². The number of hydrogen-bond acceptors (Lipinski definition) is 1. The van der Waals surface area contributed by atoms with E-state index >= 15 is 0 Å². The number of carbonyl (C=O) groups excluding carboxylic acids is 1. The van der Waals surface area contributed by atoms with Crippen molar-refractivity contribution in [2.24, 2.45) is 5.92 Å². The van der Waals surface area contributed by atoms with Crippen LogP contribution in [0.5, 0.6) is 0 Å². The fraction of sp³-hybridized carbons (Fsp3) is 0.211. The molecule has 1 aliphatic rings. The predicted octanol–water partition coefficient (Wildman–Crippen LogP) is 3.82. The Kier molecular flexibility index (Phi) is 3.87. The summed E-state index contributed by atoms with van der Waals surface area (Å²) in [5.41, 5.74) is 3.49. The van der Waals surface area contributed by atoms with Crippen LogP contribution in [0.25, 0.3) is 0 Å². The molecule has 0 bridgehead atoms. The fourth-order valence-electron chi connectivity index (χ4n) is 2.87. The molecule has 1 unspecified atom stereocenters. The van der Waals surface area contributed by atoms with Crippen molar-refractivity contribution in [2.45, 2.75) is 12.8 Å². The molecule has 2 heteroatoms. The molecule has 0 spiro atoms. The molecule has 0 radical (unpaired) electrons. The zero-order valence-corrected chi connectivity index (χ0v) is 12.0. The van der Waals surface area contributed by atoms with Crippen molar-refractivity contribution >= 4 is 11.6 Å². The molecule has 3 rings (SSSR count). The molecule has 106 valence electrons. The summed E-state index contributed by atoms with van der Waals surface area (Å²) >= 11 is 0. The van der Waals surface area contributed by atoms with Crippen molar-refractivity contribution in [3.63, 3.8) is 0 Å². The molecule has 1 saturated heterocycles. The number of hydrogen-bond donors (Lipinski definition) is 0. The van der Waals surface area contributed by atoms with Crippen LogP contribution in [0.4, 0.5) is 5.69 Å². The second kappa shape index (κ2) is 5.96. The second-order valence-electron chi connectivity index (χ2n) is 5.50. The van der Waals surface area contributed by atoms with Gasteiger partial charge in [-0.25, -0.2) is 0 Å². The molecule has 2 aromatic rings. The molecule has 0 aromatic heterocycles. The Morgan fingerprint density at radius 1 is 1.10 bits per heavy atom. The second-order valence-corrected chi connectivity index (χ2v) is 5.50. The van der Waals surface area contributed by atoms with Gasteiger partial charge < -0.3 is 4.90 Å². The Bertz CT molecular complexity index is 648. The highest BCUT2D eigenvalue weighted by Crippen LogP contribution is 2.29. The third-order valence-electron chi connectivity index (χ3n) is 4.01. The van der Waals surface area contributed by atoms with Crippen molar-refractivity contribution in [3.8, 4) is 0 Å². The van der Waals surface area contributed by atoms with Crippen molar-refractivity contribution in [1.29, 1.82) is 0 Å². The Morgan fingerprint density at radius 2 is 1.81 bits per heavy atom. The van der Waals surface area contributed by atoms with Crippen molar-refractivity contribution in [2.75, 3.05) is 11.4 Å². The van der Waals surface area contributed by atoms with Gasteiger partial charge in [0.05, 0.1) is 0 Å². The maximum absolute atomic E-state index is 12.2. The van der Waals surface area contributed by atoms with E-state index in [0.717, 1.165) is 18.7 Å². The number of anilines is 1. The predicted molar refractivity (Wildman–Crippen MR) is 86.3 cm³/mol. The highest BCUT2D eigenvalue weighted by molar-refractivity contribution is 5.96. The Balaban J connectivity index is 1.90. The lowest BCUT2D eigenvalue weighted by molar-refractivity contribution is -0.117. The number of benzene rings is 2. The zero-order chi connectivity index (χ0) is 14.7. The summed E-state index contributed by atoms with van der Waals surface area (Å²) in [5.74, 6) is 0.461. The quantitative estimate of drug-likeness (QED) is 0.778. The van der Waals surface area contributed by atoms with E-state index in [4.69, 9.17) is 0 Å². The van der Waals surface area contributed by atoms with Gasteiger partial charge in [0.15, 0.2) is 0 Å². The fourth-order valence-corrected chi connectivity index (χ4v) is 2.87. The van der Waals surface area contributed by atoms with Crippen LogP contribution in [-0.2, 0) is 11.2 Å². The van der Waals surface area contributed by atoms with Crippen molar-refractivity contribution < 1.29 is 4.79 Å². The van der Waals surface area contributed by atoms with E-state index in [9.17, 15) is 4.79 Å². The molecule has 0 aliphatic carbocycles. The Hall–Kier alpha value is -2.35. The number of carbonyl (C=O) groups is 1. The first-order valence-electron chi connectivity index (χ1n) is 7.32. The molecule has 0 N–H and O–H groups in total. The minimum atomic E-state index is 0.195. The zero-order valence-electron chi connectivity index (χ0n) is 12.0. The van der Waals surface area contributed by atoms with Crippen molar-refractivity contribution in [1.82, 2.24) is 0 Å². The van der Waals surface area contributed by atoms with Gasteiger partial charge in [0.1, 0.15) is 0 Å². The summed E-state index contributed by atoms with van der Waals surface area (Å²) in [6, 6.07) is 18.5. The molecule has 2 nitrogen and oxygen atoms in total. The minimum absolute atomic E-state index is 0.195. The summed E-state index contributed by atoms with van der Waals surface area (Å²) in [6.07, 6.45) is 3.31. The normalized spacial score (nSPS) is 18.0. The summed E-state index contributed by atoms with van der Waals surface area (Å²) in [6.45, 7) is 4.56. The average molecular weight is 277 g/mol. The van der Waals surface area contributed by atoms with E-state index in [2.05, 4.69) is 24.8 Å². The van der Waals surface area contributed by atoms with Crippen LogP contribution in [0.3, 0.4) is 0 Å². The molecule has 1 fully saturated rings. The largest absolute Gasteiger partial charge is 0.312 e. The van der Waals surface area contributed by atoms with Gasteiger partial charge in [-0.05, 0) is 23.6 Å². The number of nitrogens with zero attached hydrogens (tertiary/aromatic N) is 1. The van der Waals surface area contributed by atoms with Gasteiger partial charge in [0.25, 0.3) is 0 Å². The lowest BCUT2D eigenvalue weighted by Gasteiger charge is -2.20. The van der Waals surface area contributed by atoms with Crippen LogP contribution in [0.1, 0.15) is 17.5 Å². The van der Waals surface area contributed by atoms with Gasteiger partial charge in [-0.1, -0.05) is 54.6 Å². The highest BCUT2D eigenvalue weighted by atomic mass is 16.2. The SMILES string of the molecule is C=CC1CC(=O)N(c2ccccc2Cc2ccccc2)C1. The maximum Gasteiger partial charge on any atom is 0.227 e. The number of para-hydroxylation sites is 1. The van der Waals surface area contributed by atoms with Crippen LogP contribution in [-0.4, -0.2) is 12.5 Å². The van der Waals surface area contributed by atoms with E-state index in [0.29, 0.717) is 6.42 Å². The summed E-state index contributed by atoms with van der Waals surface area (Å²) in [4.78, 5) is 14.1. The molecule has 21 heavy (non-hydrogen) atoms. The number of amides is 1. The van der Waals surface area contributed by atoms with Crippen LogP contribution in [0, 0.1) is 5.92 Å². The third-order valence-corrected chi connectivity index (χ3v) is 4.01. The van der Waals surface area contributed by atoms with E-state index < -0.39 is 0 Å². The first-order chi connectivity index (χ1) is 10.3. The average Bonchev–Trinajstić information content (AvgIpc) is 2.90. The topological polar surface area (TPSA) is 20.3 Å². The van der Waals surface area contributed by atoms with Gasteiger partial charge in [0, 0.05) is 24.6 Å². The maximum atomic E-state index is 12.2. The smallest absolute Gasteiger partial charge is 0.227 e. The molecule has 1 atom stereocenters. The van der Waals surface area contributed by atoms with Gasteiger partial charge in [-0.15, -0.1) is 6.58 Å². The van der Waals surface area contributed by atoms with Gasteiger partial charge in [0.2, 0.25) is 5.91 Å². The first-order valence-corrected chi connectivity index (χ1v) is 7.32. The Morgan fingerprint density at radius 3 is 2.52 bits per heavy atom.